The van der Waals surface area contributed by atoms with E-state index in [0.29, 0.717) is 21.4 Å². The molecule has 0 fully saturated rings. The third kappa shape index (κ3) is 5.50. The second-order valence-corrected chi connectivity index (χ2v) is 7.07. The van der Waals surface area contributed by atoms with E-state index >= 15 is 0 Å². The molecule has 5 nitrogen and oxygen atoms in total. The van der Waals surface area contributed by atoms with E-state index in [-0.39, 0.29) is 0 Å². The Morgan fingerprint density at radius 3 is 2.17 bits per heavy atom. The van der Waals surface area contributed by atoms with E-state index in [9.17, 15) is 9.59 Å². The molecule has 0 radical (unpaired) electrons. The molecule has 0 unspecified atom stereocenters. The second kappa shape index (κ2) is 9.45. The summed E-state index contributed by atoms with van der Waals surface area (Å²) in [6.07, 6.45) is -0.880. The molecule has 148 valence electrons. The van der Waals surface area contributed by atoms with Crippen LogP contribution in [0.5, 0.6) is 5.75 Å². The lowest BCUT2D eigenvalue weighted by Gasteiger charge is -2.16. The van der Waals surface area contributed by atoms with Crippen LogP contribution in [-0.4, -0.2) is 17.9 Å². The van der Waals surface area contributed by atoms with Gasteiger partial charge in [0.05, 0.1) is 5.02 Å². The average molecular weight is 429 g/mol. The molecule has 29 heavy (non-hydrogen) atoms. The van der Waals surface area contributed by atoms with Crippen LogP contribution in [0.1, 0.15) is 17.3 Å². The minimum atomic E-state index is -0.880. The molecule has 0 aliphatic heterocycles. The van der Waals surface area contributed by atoms with Crippen molar-refractivity contribution in [1.82, 2.24) is 10.9 Å². The van der Waals surface area contributed by atoms with E-state index in [2.05, 4.69) is 10.9 Å². The van der Waals surface area contributed by atoms with Gasteiger partial charge in [-0.2, -0.15) is 0 Å². The highest BCUT2D eigenvalue weighted by Gasteiger charge is 2.17. The summed E-state index contributed by atoms with van der Waals surface area (Å²) in [6, 6.07) is 21.6. The maximum atomic E-state index is 12.3. The fourth-order valence-electron chi connectivity index (χ4n) is 2.55. The van der Waals surface area contributed by atoms with Crippen molar-refractivity contribution >= 4 is 35.0 Å². The molecule has 1 atom stereocenters. The highest BCUT2D eigenvalue weighted by Crippen LogP contribution is 2.28. The molecule has 0 spiro atoms. The van der Waals surface area contributed by atoms with Gasteiger partial charge in [0.25, 0.3) is 11.8 Å². The third-order valence-electron chi connectivity index (χ3n) is 4.12. The van der Waals surface area contributed by atoms with Gasteiger partial charge in [-0.3, -0.25) is 20.4 Å². The number of rotatable bonds is 5. The van der Waals surface area contributed by atoms with Crippen molar-refractivity contribution < 1.29 is 14.3 Å². The van der Waals surface area contributed by atoms with E-state index in [0.717, 1.165) is 11.1 Å². The largest absolute Gasteiger partial charge is 0.479 e. The van der Waals surface area contributed by atoms with Gasteiger partial charge in [0.2, 0.25) is 0 Å². The van der Waals surface area contributed by atoms with Crippen LogP contribution in [0.25, 0.3) is 11.1 Å². The summed E-state index contributed by atoms with van der Waals surface area (Å²) in [6.45, 7) is 1.54. The molecule has 7 heteroatoms. The van der Waals surface area contributed by atoms with Gasteiger partial charge in [-0.15, -0.1) is 0 Å². The molecule has 2 N–H and O–H groups in total. The van der Waals surface area contributed by atoms with Crippen LogP contribution in [0, 0.1) is 0 Å². The van der Waals surface area contributed by atoms with Crippen molar-refractivity contribution in [3.05, 3.63) is 88.4 Å². The molecule has 0 saturated heterocycles. The SMILES string of the molecule is C[C@H](Oc1ccc(Cl)cc1Cl)C(=O)NNC(=O)c1ccc(-c2ccccc2)cc1. The fraction of sp³-hybridized carbons (Fsp3) is 0.0909. The van der Waals surface area contributed by atoms with Crippen molar-refractivity contribution in [1.29, 1.82) is 0 Å². The van der Waals surface area contributed by atoms with E-state index in [1.54, 1.807) is 31.2 Å². The van der Waals surface area contributed by atoms with Gasteiger partial charge in [0, 0.05) is 10.6 Å². The van der Waals surface area contributed by atoms with Gasteiger partial charge in [0.15, 0.2) is 6.10 Å². The lowest BCUT2D eigenvalue weighted by atomic mass is 10.0. The number of carbonyl (C=O) groups excluding carboxylic acids is 2. The van der Waals surface area contributed by atoms with Crippen LogP contribution in [0.4, 0.5) is 0 Å². The summed E-state index contributed by atoms with van der Waals surface area (Å²) in [7, 11) is 0. The van der Waals surface area contributed by atoms with Gasteiger partial charge < -0.3 is 4.74 Å². The molecule has 3 aromatic carbocycles. The predicted molar refractivity (Wildman–Crippen MR) is 114 cm³/mol. The van der Waals surface area contributed by atoms with Gasteiger partial charge in [-0.1, -0.05) is 65.7 Å². The van der Waals surface area contributed by atoms with Gasteiger partial charge >= 0.3 is 0 Å². The summed E-state index contributed by atoms with van der Waals surface area (Å²) in [5.41, 5.74) is 7.19. The van der Waals surface area contributed by atoms with Crippen LogP contribution >= 0.6 is 23.2 Å². The topological polar surface area (TPSA) is 67.4 Å². The van der Waals surface area contributed by atoms with Crippen LogP contribution in [0.3, 0.4) is 0 Å². The normalized spacial score (nSPS) is 11.4. The first-order valence-corrected chi connectivity index (χ1v) is 9.57. The molecule has 0 aromatic heterocycles. The zero-order valence-electron chi connectivity index (χ0n) is 15.5. The molecule has 0 aliphatic rings. The number of hydrogen-bond donors (Lipinski definition) is 2. The van der Waals surface area contributed by atoms with Crippen molar-refractivity contribution in [2.75, 3.05) is 0 Å². The van der Waals surface area contributed by atoms with Crippen LogP contribution in [0.15, 0.2) is 72.8 Å². The molecule has 3 aromatic rings. The summed E-state index contributed by atoms with van der Waals surface area (Å²) in [5, 5.41) is 0.754. The quantitative estimate of drug-likeness (QED) is 0.568. The highest BCUT2D eigenvalue weighted by molar-refractivity contribution is 6.35. The Labute approximate surface area is 178 Å². The summed E-state index contributed by atoms with van der Waals surface area (Å²) in [5.74, 6) is -0.637. The van der Waals surface area contributed by atoms with Crippen molar-refractivity contribution in [2.24, 2.45) is 0 Å². The third-order valence-corrected chi connectivity index (χ3v) is 4.65. The maximum absolute atomic E-state index is 12.3. The molecule has 3 rings (SSSR count). The van der Waals surface area contributed by atoms with E-state index in [1.807, 2.05) is 42.5 Å². The lowest BCUT2D eigenvalue weighted by molar-refractivity contribution is -0.128. The standard InChI is InChI=1S/C22H18Cl2N2O3/c1-14(29-20-12-11-18(23)13-19(20)24)21(27)25-26-22(28)17-9-7-16(8-10-17)15-5-3-2-4-6-15/h2-14H,1H3,(H,25,27)(H,26,28)/t14-/m0/s1. The number of halogens is 2. The smallest absolute Gasteiger partial charge is 0.279 e. The first-order chi connectivity index (χ1) is 13.9. The Balaban J connectivity index is 1.55. The van der Waals surface area contributed by atoms with Crippen molar-refractivity contribution in [3.63, 3.8) is 0 Å². The molecule has 0 saturated carbocycles. The van der Waals surface area contributed by atoms with E-state index in [1.165, 1.54) is 6.07 Å². The van der Waals surface area contributed by atoms with Crippen LogP contribution in [0.2, 0.25) is 10.0 Å². The zero-order valence-corrected chi connectivity index (χ0v) is 17.0. The Morgan fingerprint density at radius 2 is 1.52 bits per heavy atom. The predicted octanol–water partition coefficient (Wildman–Crippen LogP) is 4.89. The summed E-state index contributed by atoms with van der Waals surface area (Å²) in [4.78, 5) is 24.4. The van der Waals surface area contributed by atoms with Crippen LogP contribution < -0.4 is 15.6 Å². The van der Waals surface area contributed by atoms with Crippen molar-refractivity contribution in [3.8, 4) is 16.9 Å². The Kier molecular flexibility index (Phi) is 6.75. The minimum Gasteiger partial charge on any atom is -0.479 e. The zero-order chi connectivity index (χ0) is 20.8. The average Bonchev–Trinajstić information content (AvgIpc) is 2.74. The first kappa shape index (κ1) is 20.7. The van der Waals surface area contributed by atoms with Gasteiger partial charge in [0.1, 0.15) is 5.75 Å². The number of carbonyl (C=O) groups is 2. The number of benzene rings is 3. The fourth-order valence-corrected chi connectivity index (χ4v) is 3.00. The Bertz CT molecular complexity index is 1010. The number of amides is 2. The molecule has 0 heterocycles. The molecule has 0 bridgehead atoms. The highest BCUT2D eigenvalue weighted by atomic mass is 35.5. The van der Waals surface area contributed by atoms with E-state index in [4.69, 9.17) is 27.9 Å². The Hall–Kier alpha value is -3.02. The summed E-state index contributed by atoms with van der Waals surface area (Å²) >= 11 is 11.9. The van der Waals surface area contributed by atoms with Crippen LogP contribution in [-0.2, 0) is 4.79 Å². The number of hydrazine groups is 1. The minimum absolute atomic E-state index is 0.291. The number of nitrogens with one attached hydrogen (secondary N) is 2. The molecular weight excluding hydrogens is 411 g/mol. The molecule has 2 amide bonds. The monoisotopic (exact) mass is 428 g/mol. The van der Waals surface area contributed by atoms with Gasteiger partial charge in [-0.05, 0) is 48.4 Å². The number of ether oxygens (including phenoxy) is 1. The first-order valence-electron chi connectivity index (χ1n) is 8.81. The van der Waals surface area contributed by atoms with Gasteiger partial charge in [-0.25, -0.2) is 0 Å². The second-order valence-electron chi connectivity index (χ2n) is 6.22. The van der Waals surface area contributed by atoms with E-state index < -0.39 is 17.9 Å². The molecule has 0 aliphatic carbocycles. The lowest BCUT2D eigenvalue weighted by Crippen LogP contribution is -2.47. The molecular formula is C22H18Cl2N2O3. The summed E-state index contributed by atoms with van der Waals surface area (Å²) < 4.78 is 5.51. The number of hydrogen-bond acceptors (Lipinski definition) is 3. The Morgan fingerprint density at radius 1 is 0.862 bits per heavy atom. The van der Waals surface area contributed by atoms with Crippen molar-refractivity contribution in [2.45, 2.75) is 13.0 Å². The maximum Gasteiger partial charge on any atom is 0.279 e.